The summed E-state index contributed by atoms with van der Waals surface area (Å²) >= 11 is 0. The van der Waals surface area contributed by atoms with E-state index in [-0.39, 0.29) is 11.5 Å². The van der Waals surface area contributed by atoms with Gasteiger partial charge in [-0.1, -0.05) is 35.9 Å². The number of nitrogens with zero attached hydrogens (tertiary/aromatic N) is 3. The van der Waals surface area contributed by atoms with Crippen LogP contribution in [0.15, 0.2) is 66.9 Å². The fourth-order valence-corrected chi connectivity index (χ4v) is 3.66. The molecule has 2 aromatic carbocycles. The Bertz CT molecular complexity index is 1080. The molecule has 4 rings (SSSR count). The van der Waals surface area contributed by atoms with Crippen molar-refractivity contribution in [3.8, 4) is 0 Å². The minimum absolute atomic E-state index is 0.0786. The van der Waals surface area contributed by atoms with Gasteiger partial charge >= 0.3 is 5.97 Å². The molecule has 158 valence electrons. The number of aryl methyl sites for hydroxylation is 1. The molecule has 1 amide bonds. The van der Waals surface area contributed by atoms with Crippen LogP contribution in [0.2, 0.25) is 0 Å². The summed E-state index contributed by atoms with van der Waals surface area (Å²) in [5.74, 6) is -0.949. The lowest BCUT2D eigenvalue weighted by Crippen LogP contribution is -2.47. The SMILES string of the molecule is Cc1ccc(C(=O)Nc2cnc(N3CCN(c4ccccc4)CC3)c(C(=O)O)c2)cc1. The Hall–Kier alpha value is -3.87. The lowest BCUT2D eigenvalue weighted by atomic mass is 10.1. The molecule has 0 saturated carbocycles. The summed E-state index contributed by atoms with van der Waals surface area (Å²) in [5, 5.41) is 12.5. The number of carboxylic acid groups (broad SMARTS) is 1. The molecule has 0 spiro atoms. The summed E-state index contributed by atoms with van der Waals surface area (Å²) in [6.45, 7) is 4.82. The Morgan fingerprint density at radius 1 is 0.935 bits per heavy atom. The van der Waals surface area contributed by atoms with Gasteiger partial charge in [0, 0.05) is 37.4 Å². The molecular formula is C24H24N4O3. The topological polar surface area (TPSA) is 85.8 Å². The molecule has 2 heterocycles. The highest BCUT2D eigenvalue weighted by molar-refractivity contribution is 6.05. The maximum atomic E-state index is 12.5. The van der Waals surface area contributed by atoms with Crippen molar-refractivity contribution in [2.75, 3.05) is 41.3 Å². The van der Waals surface area contributed by atoms with E-state index in [1.54, 1.807) is 12.1 Å². The highest BCUT2D eigenvalue weighted by Gasteiger charge is 2.23. The van der Waals surface area contributed by atoms with Crippen LogP contribution in [0.4, 0.5) is 17.2 Å². The zero-order chi connectivity index (χ0) is 21.8. The molecule has 0 bridgehead atoms. The first kappa shape index (κ1) is 20.4. The number of rotatable bonds is 5. The number of amides is 1. The molecule has 1 aromatic heterocycles. The predicted octanol–water partition coefficient (Wildman–Crippen LogP) is 3.67. The number of hydrogen-bond acceptors (Lipinski definition) is 5. The minimum atomic E-state index is -1.07. The lowest BCUT2D eigenvalue weighted by molar-refractivity contribution is 0.0696. The Morgan fingerprint density at radius 3 is 2.23 bits per heavy atom. The number of carboxylic acids is 1. The highest BCUT2D eigenvalue weighted by atomic mass is 16.4. The zero-order valence-corrected chi connectivity index (χ0v) is 17.3. The maximum Gasteiger partial charge on any atom is 0.339 e. The van der Waals surface area contributed by atoms with E-state index in [1.165, 1.54) is 12.3 Å². The van der Waals surface area contributed by atoms with Crippen LogP contribution in [0.5, 0.6) is 0 Å². The average molecular weight is 416 g/mol. The standard InChI is InChI=1S/C24H24N4O3/c1-17-7-9-18(10-8-17)23(29)26-19-15-21(24(30)31)22(25-16-19)28-13-11-27(12-14-28)20-5-3-2-4-6-20/h2-10,15-16H,11-14H2,1H3,(H,26,29)(H,30,31). The molecule has 31 heavy (non-hydrogen) atoms. The Morgan fingerprint density at radius 2 is 1.58 bits per heavy atom. The van der Waals surface area contributed by atoms with Crippen molar-refractivity contribution >= 4 is 29.1 Å². The van der Waals surface area contributed by atoms with Gasteiger partial charge < -0.3 is 20.2 Å². The van der Waals surface area contributed by atoms with Gasteiger partial charge in [-0.25, -0.2) is 9.78 Å². The van der Waals surface area contributed by atoms with Gasteiger partial charge in [-0.15, -0.1) is 0 Å². The van der Waals surface area contributed by atoms with Gasteiger partial charge in [-0.2, -0.15) is 0 Å². The van der Waals surface area contributed by atoms with Gasteiger partial charge in [0.05, 0.1) is 11.9 Å². The largest absolute Gasteiger partial charge is 0.478 e. The molecule has 0 radical (unpaired) electrons. The number of benzene rings is 2. The normalized spacial score (nSPS) is 13.7. The van der Waals surface area contributed by atoms with Crippen molar-refractivity contribution in [2.45, 2.75) is 6.92 Å². The highest BCUT2D eigenvalue weighted by Crippen LogP contribution is 2.24. The van der Waals surface area contributed by atoms with E-state index in [0.29, 0.717) is 30.2 Å². The van der Waals surface area contributed by atoms with Gasteiger partial charge in [-0.3, -0.25) is 4.79 Å². The summed E-state index contributed by atoms with van der Waals surface area (Å²) < 4.78 is 0. The zero-order valence-electron chi connectivity index (χ0n) is 17.3. The number of anilines is 3. The fraction of sp³-hybridized carbons (Fsp3) is 0.208. The quantitative estimate of drug-likeness (QED) is 0.660. The second kappa shape index (κ2) is 8.87. The van der Waals surface area contributed by atoms with Crippen LogP contribution >= 0.6 is 0 Å². The van der Waals surface area contributed by atoms with E-state index < -0.39 is 5.97 Å². The van der Waals surface area contributed by atoms with Crippen molar-refractivity contribution in [3.63, 3.8) is 0 Å². The number of hydrogen-bond donors (Lipinski definition) is 2. The predicted molar refractivity (Wildman–Crippen MR) is 121 cm³/mol. The number of aromatic nitrogens is 1. The van der Waals surface area contributed by atoms with E-state index in [2.05, 4.69) is 27.3 Å². The number of para-hydroxylation sites is 1. The Labute approximate surface area is 181 Å². The number of piperazine rings is 1. The fourth-order valence-electron chi connectivity index (χ4n) is 3.66. The van der Waals surface area contributed by atoms with Crippen molar-refractivity contribution in [2.24, 2.45) is 0 Å². The molecule has 1 aliphatic heterocycles. The molecule has 1 saturated heterocycles. The second-order valence-electron chi connectivity index (χ2n) is 7.53. The monoisotopic (exact) mass is 416 g/mol. The Balaban J connectivity index is 1.48. The van der Waals surface area contributed by atoms with Crippen molar-refractivity contribution in [1.82, 2.24) is 4.98 Å². The number of aromatic carboxylic acids is 1. The lowest BCUT2D eigenvalue weighted by Gasteiger charge is -2.37. The van der Waals surface area contributed by atoms with Gasteiger partial charge in [0.2, 0.25) is 0 Å². The van der Waals surface area contributed by atoms with Gasteiger partial charge in [0.15, 0.2) is 0 Å². The molecule has 7 heteroatoms. The smallest absolute Gasteiger partial charge is 0.339 e. The van der Waals surface area contributed by atoms with E-state index in [4.69, 9.17) is 0 Å². The van der Waals surface area contributed by atoms with Crippen LogP contribution in [0.1, 0.15) is 26.3 Å². The van der Waals surface area contributed by atoms with Crippen molar-refractivity contribution < 1.29 is 14.7 Å². The van der Waals surface area contributed by atoms with Crippen LogP contribution < -0.4 is 15.1 Å². The molecule has 1 aliphatic rings. The van der Waals surface area contributed by atoms with Crippen LogP contribution in [-0.4, -0.2) is 48.1 Å². The first-order chi connectivity index (χ1) is 15.0. The van der Waals surface area contributed by atoms with Gasteiger partial charge in [-0.05, 0) is 37.3 Å². The van der Waals surface area contributed by atoms with Crippen molar-refractivity contribution in [3.05, 3.63) is 83.6 Å². The summed E-state index contributed by atoms with van der Waals surface area (Å²) in [6.07, 6.45) is 1.51. The summed E-state index contributed by atoms with van der Waals surface area (Å²) in [7, 11) is 0. The van der Waals surface area contributed by atoms with Crippen molar-refractivity contribution in [1.29, 1.82) is 0 Å². The molecule has 1 fully saturated rings. The molecule has 2 N–H and O–H groups in total. The van der Waals surface area contributed by atoms with E-state index >= 15 is 0 Å². The van der Waals surface area contributed by atoms with Crippen LogP contribution in [-0.2, 0) is 0 Å². The van der Waals surface area contributed by atoms with E-state index in [1.807, 2.05) is 42.2 Å². The summed E-state index contributed by atoms with van der Waals surface area (Å²) in [6, 6.07) is 18.8. The maximum absolute atomic E-state index is 12.5. The molecule has 0 unspecified atom stereocenters. The Kier molecular flexibility index (Phi) is 5.84. The summed E-state index contributed by atoms with van der Waals surface area (Å²) in [4.78, 5) is 33.0. The first-order valence-corrected chi connectivity index (χ1v) is 10.2. The van der Waals surface area contributed by atoms with Gasteiger partial charge in [0.1, 0.15) is 11.4 Å². The molecule has 0 aliphatic carbocycles. The van der Waals surface area contributed by atoms with Crippen LogP contribution in [0.3, 0.4) is 0 Å². The molecular weight excluding hydrogens is 392 g/mol. The number of nitrogens with one attached hydrogen (secondary N) is 1. The minimum Gasteiger partial charge on any atom is -0.478 e. The third-order valence-corrected chi connectivity index (χ3v) is 5.37. The average Bonchev–Trinajstić information content (AvgIpc) is 2.80. The van der Waals surface area contributed by atoms with Crippen LogP contribution in [0, 0.1) is 6.92 Å². The number of carbonyl (C=O) groups excluding carboxylic acids is 1. The second-order valence-corrected chi connectivity index (χ2v) is 7.53. The first-order valence-electron chi connectivity index (χ1n) is 10.2. The number of carbonyl (C=O) groups is 2. The molecule has 7 nitrogen and oxygen atoms in total. The van der Waals surface area contributed by atoms with Gasteiger partial charge in [0.25, 0.3) is 5.91 Å². The summed E-state index contributed by atoms with van der Waals surface area (Å²) in [5.41, 5.74) is 3.15. The van der Waals surface area contributed by atoms with Crippen LogP contribution in [0.25, 0.3) is 0 Å². The number of pyridine rings is 1. The van der Waals surface area contributed by atoms with E-state index in [9.17, 15) is 14.7 Å². The third-order valence-electron chi connectivity index (χ3n) is 5.37. The molecule has 3 aromatic rings. The molecule has 0 atom stereocenters. The third kappa shape index (κ3) is 4.66. The van der Waals surface area contributed by atoms with E-state index in [0.717, 1.165) is 24.3 Å².